The lowest BCUT2D eigenvalue weighted by molar-refractivity contribution is -0.121. The number of para-hydroxylation sites is 1. The summed E-state index contributed by atoms with van der Waals surface area (Å²) in [5, 5.41) is 3.72. The highest BCUT2D eigenvalue weighted by atomic mass is 16.2. The van der Waals surface area contributed by atoms with Crippen LogP contribution in [0.1, 0.15) is 15.9 Å². The molecule has 1 aromatic heterocycles. The number of fused-ring (bicyclic) bond motifs is 1. The molecule has 0 radical (unpaired) electrons. The Bertz CT molecular complexity index is 871. The molecule has 0 fully saturated rings. The molecule has 0 saturated carbocycles. The molecule has 3 rings (SSSR count). The number of H-pyrrole nitrogens is 1. The summed E-state index contributed by atoms with van der Waals surface area (Å²) < 4.78 is 0. The summed E-state index contributed by atoms with van der Waals surface area (Å²) in [6.07, 6.45) is 2.46. The van der Waals surface area contributed by atoms with Gasteiger partial charge in [0.05, 0.1) is 12.1 Å². The van der Waals surface area contributed by atoms with Gasteiger partial charge in [0.15, 0.2) is 0 Å². The molecule has 2 N–H and O–H groups in total. The summed E-state index contributed by atoms with van der Waals surface area (Å²) in [6.45, 7) is 0.588. The SMILES string of the molecule is CN(CC(=O)NCCc1ccccc1)C(=O)c1c[nH]c2ccccc12. The molecule has 5 heteroatoms. The summed E-state index contributed by atoms with van der Waals surface area (Å²) in [4.78, 5) is 29.2. The van der Waals surface area contributed by atoms with E-state index in [1.165, 1.54) is 10.5 Å². The number of benzene rings is 2. The standard InChI is InChI=1S/C20H21N3O2/c1-23(14-19(24)21-12-11-15-7-3-2-4-8-15)20(25)17-13-22-18-10-6-5-9-16(17)18/h2-10,13,22H,11-12,14H2,1H3,(H,21,24). The zero-order chi connectivity index (χ0) is 17.6. The number of likely N-dealkylation sites (N-methyl/N-ethyl adjacent to an activating group) is 1. The van der Waals surface area contributed by atoms with E-state index in [4.69, 9.17) is 0 Å². The highest BCUT2D eigenvalue weighted by Crippen LogP contribution is 2.18. The number of carbonyl (C=O) groups is 2. The van der Waals surface area contributed by atoms with Gasteiger partial charge in [-0.05, 0) is 18.1 Å². The van der Waals surface area contributed by atoms with Crippen molar-refractivity contribution < 1.29 is 9.59 Å². The fourth-order valence-corrected chi connectivity index (χ4v) is 2.79. The lowest BCUT2D eigenvalue weighted by Crippen LogP contribution is -2.39. The van der Waals surface area contributed by atoms with Gasteiger partial charge in [-0.15, -0.1) is 0 Å². The first kappa shape index (κ1) is 16.8. The average Bonchev–Trinajstić information content (AvgIpc) is 3.06. The third-order valence-electron chi connectivity index (χ3n) is 4.13. The van der Waals surface area contributed by atoms with E-state index in [0.29, 0.717) is 12.1 Å². The van der Waals surface area contributed by atoms with Crippen LogP contribution in [-0.4, -0.2) is 41.8 Å². The number of hydrogen-bond acceptors (Lipinski definition) is 2. The molecule has 0 bridgehead atoms. The third-order valence-corrected chi connectivity index (χ3v) is 4.13. The van der Waals surface area contributed by atoms with Gasteiger partial charge < -0.3 is 15.2 Å². The number of nitrogens with zero attached hydrogens (tertiary/aromatic N) is 1. The Balaban J connectivity index is 1.53. The first-order valence-corrected chi connectivity index (χ1v) is 8.27. The quantitative estimate of drug-likeness (QED) is 0.727. The number of carbonyl (C=O) groups excluding carboxylic acids is 2. The Morgan fingerprint density at radius 1 is 1.04 bits per heavy atom. The Labute approximate surface area is 146 Å². The van der Waals surface area contributed by atoms with E-state index in [1.54, 1.807) is 13.2 Å². The topological polar surface area (TPSA) is 65.2 Å². The van der Waals surface area contributed by atoms with E-state index < -0.39 is 0 Å². The molecule has 25 heavy (non-hydrogen) atoms. The van der Waals surface area contributed by atoms with Crippen LogP contribution in [-0.2, 0) is 11.2 Å². The largest absolute Gasteiger partial charge is 0.360 e. The lowest BCUT2D eigenvalue weighted by Gasteiger charge is -2.16. The van der Waals surface area contributed by atoms with Crippen LogP contribution in [0, 0.1) is 0 Å². The minimum absolute atomic E-state index is 0.0349. The zero-order valence-electron chi connectivity index (χ0n) is 14.2. The van der Waals surface area contributed by atoms with Crippen LogP contribution in [0.2, 0.25) is 0 Å². The van der Waals surface area contributed by atoms with Gasteiger partial charge >= 0.3 is 0 Å². The third kappa shape index (κ3) is 4.07. The molecule has 5 nitrogen and oxygen atoms in total. The summed E-state index contributed by atoms with van der Waals surface area (Å²) in [5.74, 6) is -0.331. The Morgan fingerprint density at radius 2 is 1.76 bits per heavy atom. The number of aromatic amines is 1. The molecule has 0 unspecified atom stereocenters. The molecule has 2 aromatic carbocycles. The van der Waals surface area contributed by atoms with Crippen molar-refractivity contribution in [3.05, 3.63) is 71.9 Å². The minimum atomic E-state index is -0.171. The molecule has 2 amide bonds. The molecule has 0 saturated heterocycles. The van der Waals surface area contributed by atoms with Crippen LogP contribution in [0.3, 0.4) is 0 Å². The van der Waals surface area contributed by atoms with E-state index in [2.05, 4.69) is 10.3 Å². The van der Waals surface area contributed by atoms with Crippen molar-refractivity contribution in [2.75, 3.05) is 20.1 Å². The predicted molar refractivity (Wildman–Crippen MR) is 98.4 cm³/mol. The van der Waals surface area contributed by atoms with Gasteiger partial charge in [-0.25, -0.2) is 0 Å². The Kier molecular flexibility index (Phi) is 5.14. The zero-order valence-corrected chi connectivity index (χ0v) is 14.2. The van der Waals surface area contributed by atoms with Gasteiger partial charge in [-0.1, -0.05) is 48.5 Å². The van der Waals surface area contributed by atoms with Crippen molar-refractivity contribution in [1.29, 1.82) is 0 Å². The van der Waals surface area contributed by atoms with Crippen molar-refractivity contribution in [3.63, 3.8) is 0 Å². The van der Waals surface area contributed by atoms with Gasteiger partial charge in [0.25, 0.3) is 5.91 Å². The second-order valence-corrected chi connectivity index (χ2v) is 5.99. The monoisotopic (exact) mass is 335 g/mol. The smallest absolute Gasteiger partial charge is 0.256 e. The molecule has 0 aliphatic heterocycles. The molecule has 1 heterocycles. The molecule has 0 aliphatic rings. The molecule has 3 aromatic rings. The first-order chi connectivity index (χ1) is 12.1. The van der Waals surface area contributed by atoms with Crippen molar-refractivity contribution in [2.24, 2.45) is 0 Å². The summed E-state index contributed by atoms with van der Waals surface area (Å²) in [6, 6.07) is 17.6. The van der Waals surface area contributed by atoms with Crippen molar-refractivity contribution in [3.8, 4) is 0 Å². The van der Waals surface area contributed by atoms with Crippen LogP contribution in [0.25, 0.3) is 10.9 Å². The average molecular weight is 335 g/mol. The van der Waals surface area contributed by atoms with Crippen LogP contribution >= 0.6 is 0 Å². The molecular weight excluding hydrogens is 314 g/mol. The van der Waals surface area contributed by atoms with Gasteiger partial charge in [0.1, 0.15) is 0 Å². The maximum Gasteiger partial charge on any atom is 0.256 e. The molecular formula is C20H21N3O2. The highest BCUT2D eigenvalue weighted by molar-refractivity contribution is 6.07. The number of amides is 2. The lowest BCUT2D eigenvalue weighted by atomic mass is 10.1. The van der Waals surface area contributed by atoms with Crippen LogP contribution in [0.4, 0.5) is 0 Å². The van der Waals surface area contributed by atoms with E-state index in [-0.39, 0.29) is 18.4 Å². The number of hydrogen-bond donors (Lipinski definition) is 2. The fraction of sp³-hybridized carbons (Fsp3) is 0.200. The second-order valence-electron chi connectivity index (χ2n) is 5.99. The van der Waals surface area contributed by atoms with Crippen molar-refractivity contribution >= 4 is 22.7 Å². The number of rotatable bonds is 6. The number of nitrogens with one attached hydrogen (secondary N) is 2. The van der Waals surface area contributed by atoms with Gasteiger partial charge in [0, 0.05) is 30.7 Å². The van der Waals surface area contributed by atoms with Crippen molar-refractivity contribution in [2.45, 2.75) is 6.42 Å². The second kappa shape index (κ2) is 7.66. The van der Waals surface area contributed by atoms with Gasteiger partial charge in [0.2, 0.25) is 5.91 Å². The Hall–Kier alpha value is -3.08. The number of aromatic nitrogens is 1. The molecule has 0 aliphatic carbocycles. The Morgan fingerprint density at radius 3 is 2.56 bits per heavy atom. The van der Waals surface area contributed by atoms with Gasteiger partial charge in [-0.2, -0.15) is 0 Å². The van der Waals surface area contributed by atoms with Gasteiger partial charge in [-0.3, -0.25) is 9.59 Å². The van der Waals surface area contributed by atoms with Crippen molar-refractivity contribution in [1.82, 2.24) is 15.2 Å². The maximum absolute atomic E-state index is 12.6. The normalized spacial score (nSPS) is 10.6. The van der Waals surface area contributed by atoms with Crippen LogP contribution in [0.15, 0.2) is 60.8 Å². The van der Waals surface area contributed by atoms with E-state index in [9.17, 15) is 9.59 Å². The van der Waals surface area contributed by atoms with E-state index in [1.807, 2.05) is 54.6 Å². The summed E-state index contributed by atoms with van der Waals surface area (Å²) in [7, 11) is 1.64. The molecule has 0 atom stereocenters. The van der Waals surface area contributed by atoms with Crippen LogP contribution < -0.4 is 5.32 Å². The maximum atomic E-state index is 12.6. The van der Waals surface area contributed by atoms with E-state index >= 15 is 0 Å². The van der Waals surface area contributed by atoms with Crippen LogP contribution in [0.5, 0.6) is 0 Å². The molecule has 0 spiro atoms. The predicted octanol–water partition coefficient (Wildman–Crippen LogP) is 2.60. The highest BCUT2D eigenvalue weighted by Gasteiger charge is 2.18. The fourth-order valence-electron chi connectivity index (χ4n) is 2.79. The van der Waals surface area contributed by atoms with E-state index in [0.717, 1.165) is 17.3 Å². The molecule has 128 valence electrons. The first-order valence-electron chi connectivity index (χ1n) is 8.27. The minimum Gasteiger partial charge on any atom is -0.360 e. The summed E-state index contributed by atoms with van der Waals surface area (Å²) in [5.41, 5.74) is 2.66. The summed E-state index contributed by atoms with van der Waals surface area (Å²) >= 11 is 0.